The number of hydrogen-bond acceptors (Lipinski definition) is 5. The minimum Gasteiger partial charge on any atom is -0.467 e. The van der Waals surface area contributed by atoms with E-state index in [2.05, 4.69) is 15.4 Å². The number of para-hydroxylation sites is 1. The molecule has 0 bridgehead atoms. The molecule has 9 heteroatoms. The summed E-state index contributed by atoms with van der Waals surface area (Å²) in [7, 11) is -3.93. The normalized spacial score (nSPS) is 10.9. The number of amides is 2. The average Bonchev–Trinajstić information content (AvgIpc) is 3.20. The summed E-state index contributed by atoms with van der Waals surface area (Å²) in [5, 5.41) is 5.25. The zero-order valence-electron chi connectivity index (χ0n) is 15.5. The highest BCUT2D eigenvalue weighted by molar-refractivity contribution is 7.92. The number of anilines is 2. The molecule has 3 aromatic rings. The van der Waals surface area contributed by atoms with E-state index in [0.29, 0.717) is 11.4 Å². The van der Waals surface area contributed by atoms with Crippen LogP contribution in [-0.4, -0.2) is 20.2 Å². The van der Waals surface area contributed by atoms with Gasteiger partial charge in [-0.3, -0.25) is 14.3 Å². The highest BCUT2D eigenvalue weighted by Gasteiger charge is 2.18. The Morgan fingerprint density at radius 2 is 1.69 bits per heavy atom. The van der Waals surface area contributed by atoms with Crippen LogP contribution in [0.2, 0.25) is 0 Å². The maximum atomic E-state index is 12.7. The van der Waals surface area contributed by atoms with E-state index < -0.39 is 15.9 Å². The second-order valence-electron chi connectivity index (χ2n) is 6.12. The third kappa shape index (κ3) is 5.23. The van der Waals surface area contributed by atoms with Gasteiger partial charge in [0.2, 0.25) is 5.91 Å². The summed E-state index contributed by atoms with van der Waals surface area (Å²) in [5.41, 5.74) is 0.807. The molecular weight excluding hydrogens is 394 g/mol. The topological polar surface area (TPSA) is 118 Å². The number of carbonyl (C=O) groups is 2. The molecule has 1 heterocycles. The van der Waals surface area contributed by atoms with E-state index in [1.54, 1.807) is 24.3 Å². The van der Waals surface area contributed by atoms with Crippen LogP contribution in [0.1, 0.15) is 23.0 Å². The van der Waals surface area contributed by atoms with Gasteiger partial charge in [-0.1, -0.05) is 12.1 Å². The number of nitrogens with one attached hydrogen (secondary N) is 3. The predicted octanol–water partition coefficient (Wildman–Crippen LogP) is 2.97. The number of sulfonamides is 1. The summed E-state index contributed by atoms with van der Waals surface area (Å²) < 4.78 is 33.0. The Morgan fingerprint density at radius 3 is 2.34 bits per heavy atom. The molecule has 0 fully saturated rings. The van der Waals surface area contributed by atoms with Gasteiger partial charge in [-0.2, -0.15) is 0 Å². The van der Waals surface area contributed by atoms with Crippen molar-refractivity contribution in [3.05, 3.63) is 78.3 Å². The molecule has 150 valence electrons. The Hall–Kier alpha value is -3.59. The monoisotopic (exact) mass is 413 g/mol. The van der Waals surface area contributed by atoms with Gasteiger partial charge in [-0.15, -0.1) is 0 Å². The fourth-order valence-electron chi connectivity index (χ4n) is 2.57. The van der Waals surface area contributed by atoms with E-state index in [0.717, 1.165) is 0 Å². The van der Waals surface area contributed by atoms with E-state index in [4.69, 9.17) is 4.42 Å². The minimum absolute atomic E-state index is 0.00241. The van der Waals surface area contributed by atoms with Crippen LogP contribution >= 0.6 is 0 Å². The van der Waals surface area contributed by atoms with E-state index >= 15 is 0 Å². The van der Waals surface area contributed by atoms with E-state index in [1.807, 2.05) is 0 Å². The zero-order chi connectivity index (χ0) is 20.9. The summed E-state index contributed by atoms with van der Waals surface area (Å²) in [6, 6.07) is 15.4. The van der Waals surface area contributed by atoms with Gasteiger partial charge in [-0.25, -0.2) is 8.42 Å². The molecule has 29 heavy (non-hydrogen) atoms. The highest BCUT2D eigenvalue weighted by Crippen LogP contribution is 2.21. The van der Waals surface area contributed by atoms with Gasteiger partial charge in [0.05, 0.1) is 29.0 Å². The first-order chi connectivity index (χ1) is 13.8. The molecule has 3 rings (SSSR count). The number of benzene rings is 2. The fraction of sp³-hybridized carbons (Fsp3) is 0.100. The SMILES string of the molecule is CC(=O)Nc1ccc(S(=O)(=O)Nc2ccccc2C(=O)NCc2ccco2)cc1. The van der Waals surface area contributed by atoms with Crippen molar-refractivity contribution in [3.8, 4) is 0 Å². The lowest BCUT2D eigenvalue weighted by Crippen LogP contribution is -2.24. The van der Waals surface area contributed by atoms with Crippen LogP contribution in [0.5, 0.6) is 0 Å². The molecule has 0 aliphatic carbocycles. The van der Waals surface area contributed by atoms with Crippen molar-refractivity contribution >= 4 is 33.2 Å². The molecular formula is C20H19N3O5S. The van der Waals surface area contributed by atoms with Crippen molar-refractivity contribution in [1.29, 1.82) is 0 Å². The summed E-state index contributed by atoms with van der Waals surface area (Å²) in [5.74, 6) is -0.121. The second kappa shape index (κ2) is 8.61. The molecule has 0 saturated heterocycles. The van der Waals surface area contributed by atoms with Gasteiger partial charge in [0, 0.05) is 12.6 Å². The Labute approximate surface area is 168 Å². The van der Waals surface area contributed by atoms with Crippen molar-refractivity contribution in [2.45, 2.75) is 18.4 Å². The van der Waals surface area contributed by atoms with Crippen molar-refractivity contribution in [1.82, 2.24) is 5.32 Å². The Balaban J connectivity index is 1.76. The van der Waals surface area contributed by atoms with Crippen LogP contribution in [0.25, 0.3) is 0 Å². The number of hydrogen-bond donors (Lipinski definition) is 3. The molecule has 0 saturated carbocycles. The quantitative estimate of drug-likeness (QED) is 0.550. The molecule has 0 aliphatic heterocycles. The van der Waals surface area contributed by atoms with Crippen molar-refractivity contribution in [2.75, 3.05) is 10.0 Å². The van der Waals surface area contributed by atoms with Gasteiger partial charge in [0.25, 0.3) is 15.9 Å². The van der Waals surface area contributed by atoms with Crippen LogP contribution < -0.4 is 15.4 Å². The Morgan fingerprint density at radius 1 is 0.966 bits per heavy atom. The molecule has 0 aliphatic rings. The standard InChI is InChI=1S/C20H19N3O5S/c1-14(24)22-15-8-10-17(11-9-15)29(26,27)23-19-7-3-2-6-18(19)20(25)21-13-16-5-4-12-28-16/h2-12,23H,13H2,1H3,(H,21,25)(H,22,24). The number of furan rings is 1. The van der Waals surface area contributed by atoms with Gasteiger partial charge in [0.1, 0.15) is 5.76 Å². The average molecular weight is 413 g/mol. The lowest BCUT2D eigenvalue weighted by Gasteiger charge is -2.13. The summed E-state index contributed by atoms with van der Waals surface area (Å²) in [4.78, 5) is 23.6. The summed E-state index contributed by atoms with van der Waals surface area (Å²) in [6.07, 6.45) is 1.50. The first-order valence-electron chi connectivity index (χ1n) is 8.65. The van der Waals surface area contributed by atoms with Gasteiger partial charge >= 0.3 is 0 Å². The largest absolute Gasteiger partial charge is 0.467 e. The molecule has 2 aromatic carbocycles. The number of carbonyl (C=O) groups excluding carboxylic acids is 2. The minimum atomic E-state index is -3.93. The van der Waals surface area contributed by atoms with Crippen LogP contribution in [0.3, 0.4) is 0 Å². The fourth-order valence-corrected chi connectivity index (χ4v) is 3.65. The maximum absolute atomic E-state index is 12.7. The predicted molar refractivity (Wildman–Crippen MR) is 108 cm³/mol. The number of rotatable bonds is 7. The maximum Gasteiger partial charge on any atom is 0.261 e. The second-order valence-corrected chi connectivity index (χ2v) is 7.80. The lowest BCUT2D eigenvalue weighted by molar-refractivity contribution is -0.114. The highest BCUT2D eigenvalue weighted by atomic mass is 32.2. The van der Waals surface area contributed by atoms with Crippen LogP contribution in [0.15, 0.2) is 76.2 Å². The summed E-state index contributed by atoms with van der Waals surface area (Å²) >= 11 is 0. The van der Waals surface area contributed by atoms with Gasteiger partial charge < -0.3 is 15.1 Å². The van der Waals surface area contributed by atoms with Crippen molar-refractivity contribution in [3.63, 3.8) is 0 Å². The third-order valence-corrected chi connectivity index (χ3v) is 5.29. The van der Waals surface area contributed by atoms with E-state index in [9.17, 15) is 18.0 Å². The van der Waals surface area contributed by atoms with Gasteiger partial charge in [-0.05, 0) is 48.5 Å². The molecule has 0 radical (unpaired) electrons. The zero-order valence-corrected chi connectivity index (χ0v) is 16.3. The Bertz CT molecular complexity index is 1110. The first-order valence-corrected chi connectivity index (χ1v) is 10.1. The molecule has 0 spiro atoms. The van der Waals surface area contributed by atoms with Crippen LogP contribution in [0, 0.1) is 0 Å². The molecule has 3 N–H and O–H groups in total. The van der Waals surface area contributed by atoms with E-state index in [1.165, 1.54) is 49.6 Å². The van der Waals surface area contributed by atoms with Crippen LogP contribution in [-0.2, 0) is 21.4 Å². The summed E-state index contributed by atoms with van der Waals surface area (Å²) in [6.45, 7) is 1.54. The van der Waals surface area contributed by atoms with Gasteiger partial charge in [0.15, 0.2) is 0 Å². The molecule has 0 atom stereocenters. The van der Waals surface area contributed by atoms with Crippen molar-refractivity contribution < 1.29 is 22.4 Å². The molecule has 0 unspecified atom stereocenters. The van der Waals surface area contributed by atoms with Crippen LogP contribution in [0.4, 0.5) is 11.4 Å². The molecule has 2 amide bonds. The lowest BCUT2D eigenvalue weighted by atomic mass is 10.1. The molecule has 1 aromatic heterocycles. The Kier molecular flexibility index (Phi) is 5.99. The first kappa shape index (κ1) is 20.2. The smallest absolute Gasteiger partial charge is 0.261 e. The van der Waals surface area contributed by atoms with Crippen molar-refractivity contribution in [2.24, 2.45) is 0 Å². The molecule has 8 nitrogen and oxygen atoms in total. The third-order valence-electron chi connectivity index (χ3n) is 3.90. The van der Waals surface area contributed by atoms with E-state index in [-0.39, 0.29) is 28.6 Å².